The molecule has 3 heteroatoms. The van der Waals surface area contributed by atoms with Crippen molar-refractivity contribution in [2.75, 3.05) is 14.1 Å². The molecule has 209 valence electrons. The zero-order valence-electron chi connectivity index (χ0n) is 26.8. The van der Waals surface area contributed by atoms with Gasteiger partial charge in [0.1, 0.15) is 0 Å². The number of allylic oxidation sites excluding steroid dienone is 4. The molecule has 1 nitrogen and oxygen atoms in total. The van der Waals surface area contributed by atoms with Crippen LogP contribution in [0.4, 0.5) is 0 Å². The van der Waals surface area contributed by atoms with Crippen molar-refractivity contribution in [3.63, 3.8) is 0 Å². The van der Waals surface area contributed by atoms with Crippen molar-refractivity contribution in [3.05, 3.63) is 111 Å². The maximum atomic E-state index is 3.46. The predicted octanol–water partition coefficient (Wildman–Crippen LogP) is 10.5. The molecular formula is C36H52NVY. The van der Waals surface area contributed by atoms with E-state index in [1.807, 2.05) is 41.5 Å². The zero-order chi connectivity index (χ0) is 26.4. The van der Waals surface area contributed by atoms with Crippen LogP contribution >= 0.6 is 0 Å². The molecule has 0 N–H and O–H groups in total. The van der Waals surface area contributed by atoms with Crippen LogP contribution < -0.4 is 0 Å². The Balaban J connectivity index is -0.000000574. The topological polar surface area (TPSA) is 3.24 Å². The van der Waals surface area contributed by atoms with Crippen molar-refractivity contribution in [3.8, 4) is 11.1 Å². The molecule has 4 rings (SSSR count). The molecule has 0 spiro atoms. The Bertz CT molecular complexity index is 1080. The van der Waals surface area contributed by atoms with Crippen molar-refractivity contribution in [1.82, 2.24) is 4.90 Å². The minimum Gasteiger partial charge on any atom is -0.358 e. The summed E-state index contributed by atoms with van der Waals surface area (Å²) in [5.74, 6) is 0. The van der Waals surface area contributed by atoms with E-state index < -0.39 is 0 Å². The van der Waals surface area contributed by atoms with Gasteiger partial charge in [0.2, 0.25) is 0 Å². The van der Waals surface area contributed by atoms with Crippen LogP contribution in [0, 0.1) is 33.4 Å². The second-order valence-corrected chi connectivity index (χ2v) is 8.21. The molecular weight excluding hydrogens is 586 g/mol. The number of benzene rings is 3. The van der Waals surface area contributed by atoms with Crippen LogP contribution in [0.5, 0.6) is 0 Å². The number of rotatable bonds is 6. The van der Waals surface area contributed by atoms with E-state index in [2.05, 4.69) is 112 Å². The van der Waals surface area contributed by atoms with Crippen LogP contribution in [0.2, 0.25) is 0 Å². The van der Waals surface area contributed by atoms with E-state index in [4.69, 9.17) is 0 Å². The molecule has 3 aromatic carbocycles. The van der Waals surface area contributed by atoms with Crippen molar-refractivity contribution in [2.45, 2.75) is 74.3 Å². The molecule has 0 bridgehead atoms. The van der Waals surface area contributed by atoms with Gasteiger partial charge in [0, 0.05) is 6.04 Å². The Morgan fingerprint density at radius 2 is 1.41 bits per heavy atom. The summed E-state index contributed by atoms with van der Waals surface area (Å²) in [5, 5.41) is 2.59. The van der Waals surface area contributed by atoms with Gasteiger partial charge in [0.05, 0.1) is 0 Å². The largest absolute Gasteiger partial charge is 3.00 e. The number of nitrogens with zero attached hydrogens (tertiary/aromatic N) is 1. The Kier molecular flexibility index (Phi) is 28.4. The maximum Gasteiger partial charge on any atom is 3.00 e. The first kappa shape index (κ1) is 44.9. The summed E-state index contributed by atoms with van der Waals surface area (Å²) in [4.78, 5) is 2.27. The fourth-order valence-electron chi connectivity index (χ4n) is 3.76. The second-order valence-electron chi connectivity index (χ2n) is 8.21. The molecule has 0 aromatic heterocycles. The summed E-state index contributed by atoms with van der Waals surface area (Å²) in [7, 11) is 4.28. The summed E-state index contributed by atoms with van der Waals surface area (Å²) < 4.78 is 0. The molecule has 1 atom stereocenters. The average molecular weight is 639 g/mol. The van der Waals surface area contributed by atoms with Gasteiger partial charge in [-0.3, -0.25) is 12.0 Å². The van der Waals surface area contributed by atoms with Gasteiger partial charge < -0.3 is 37.5 Å². The Labute approximate surface area is 280 Å². The van der Waals surface area contributed by atoms with Crippen molar-refractivity contribution in [2.24, 2.45) is 0 Å². The van der Waals surface area contributed by atoms with Gasteiger partial charge in [-0.2, -0.15) is 12.1 Å². The van der Waals surface area contributed by atoms with Crippen LogP contribution in [-0.2, 0) is 57.7 Å². The average Bonchev–Trinajstić information content (AvgIpc) is 3.41. The van der Waals surface area contributed by atoms with Gasteiger partial charge in [-0.15, -0.1) is 25.0 Å². The van der Waals surface area contributed by atoms with Crippen LogP contribution in [0.3, 0.4) is 0 Å². The summed E-state index contributed by atoms with van der Waals surface area (Å²) in [6, 6.07) is 24.0. The molecule has 39 heavy (non-hydrogen) atoms. The molecule has 1 aliphatic rings. The normalized spacial score (nSPS) is 11.5. The molecule has 1 radical (unpaired) electrons. The van der Waals surface area contributed by atoms with Crippen LogP contribution in [-0.4, -0.2) is 25.0 Å². The van der Waals surface area contributed by atoms with Gasteiger partial charge in [-0.1, -0.05) is 83.5 Å². The molecule has 0 aliphatic heterocycles. The summed E-state index contributed by atoms with van der Waals surface area (Å²) in [5.41, 5.74) is 7.52. The molecule has 0 saturated carbocycles. The number of fused-ring (bicyclic) bond motifs is 1. The van der Waals surface area contributed by atoms with Gasteiger partial charge >= 0.3 is 51.3 Å². The predicted molar refractivity (Wildman–Crippen MR) is 171 cm³/mol. The molecule has 0 amide bonds. The third kappa shape index (κ3) is 13.4. The molecule has 1 unspecified atom stereocenters. The van der Waals surface area contributed by atoms with Crippen molar-refractivity contribution in [1.29, 1.82) is 0 Å². The standard InChI is InChI=1S/C28H28N.3C2H6.2CH3.V.Y/c1-5-21-6-8-25(17-21)23-10-12-24(13-11-23)27-15-14-26-18-22(7-9-28(26)19-27)16-20(2)29(3)4;3*1-2;;;;/h5-7,9-10,12-15,18-20H,16-17H2,1-4H3;3*1-2H3;2*1H3;;/q-3;;;;2*-1;+2;+3. The monoisotopic (exact) mass is 638 g/mol. The summed E-state index contributed by atoms with van der Waals surface area (Å²) >= 11 is 0. The Morgan fingerprint density at radius 3 is 1.92 bits per heavy atom. The first-order chi connectivity index (χ1) is 17.0. The van der Waals surface area contributed by atoms with Gasteiger partial charge in [-0.25, -0.2) is 11.6 Å². The van der Waals surface area contributed by atoms with Crippen LogP contribution in [0.1, 0.15) is 72.9 Å². The number of hydrogen-bond donors (Lipinski definition) is 0. The summed E-state index contributed by atoms with van der Waals surface area (Å²) in [6.45, 7) is 16.3. The van der Waals surface area contributed by atoms with Crippen LogP contribution in [0.25, 0.3) is 27.5 Å². The zero-order valence-corrected chi connectivity index (χ0v) is 31.0. The van der Waals surface area contributed by atoms with E-state index in [0.29, 0.717) is 6.04 Å². The van der Waals surface area contributed by atoms with Gasteiger partial charge in [-0.05, 0) is 43.8 Å². The third-order valence-electron chi connectivity index (χ3n) is 5.97. The first-order valence-electron chi connectivity index (χ1n) is 13.4. The molecule has 0 fully saturated rings. The second kappa shape index (κ2) is 24.7. The van der Waals surface area contributed by atoms with E-state index in [0.717, 1.165) is 18.4 Å². The number of hydrogen-bond acceptors (Lipinski definition) is 1. The fourth-order valence-corrected chi connectivity index (χ4v) is 3.76. The smallest absolute Gasteiger partial charge is 0.358 e. The molecule has 0 saturated heterocycles. The SMILES string of the molecule is CC.CC.CC.C[CH-]C1=C[C-]=C(c2[c-]cc(-c3ccc4cc(CC(C)N(C)C)ccc4c3)cc2)C1.[CH3-].[CH3-].[V+2].[Y+3]. The number of likely N-dealkylation sites (N-methyl/N-ethyl adjacent to an activating group) is 1. The van der Waals surface area contributed by atoms with E-state index in [9.17, 15) is 0 Å². The van der Waals surface area contributed by atoms with Crippen molar-refractivity contribution >= 4 is 16.3 Å². The minimum atomic E-state index is 0. The quantitative estimate of drug-likeness (QED) is 0.243. The Hall–Kier alpha value is -1.08. The molecule has 0 heterocycles. The van der Waals surface area contributed by atoms with E-state index in [1.54, 1.807) is 0 Å². The van der Waals surface area contributed by atoms with Crippen LogP contribution in [0.15, 0.2) is 66.2 Å². The minimum absolute atomic E-state index is 0. The Morgan fingerprint density at radius 1 is 0.846 bits per heavy atom. The van der Waals surface area contributed by atoms with Gasteiger partial charge in [0.15, 0.2) is 0 Å². The fraction of sp³-hybridized carbons (Fsp3) is 0.361. The molecule has 3 aromatic rings. The maximum absolute atomic E-state index is 3.46. The molecule has 1 aliphatic carbocycles. The third-order valence-corrected chi connectivity index (χ3v) is 5.97. The van der Waals surface area contributed by atoms with E-state index in [1.165, 1.54) is 38.6 Å². The first-order valence-corrected chi connectivity index (χ1v) is 13.4. The van der Waals surface area contributed by atoms with Crippen molar-refractivity contribution < 1.29 is 51.3 Å². The van der Waals surface area contributed by atoms with E-state index in [-0.39, 0.29) is 66.1 Å². The summed E-state index contributed by atoms with van der Waals surface area (Å²) in [6.07, 6.45) is 9.62. The van der Waals surface area contributed by atoms with E-state index >= 15 is 0 Å². The van der Waals surface area contributed by atoms with Gasteiger partial charge in [0.25, 0.3) is 0 Å².